The molecule has 1 fully saturated rings. The summed E-state index contributed by atoms with van der Waals surface area (Å²) in [4.78, 5) is 17.2. The summed E-state index contributed by atoms with van der Waals surface area (Å²) in [7, 11) is 0. The fourth-order valence-corrected chi connectivity index (χ4v) is 6.59. The van der Waals surface area contributed by atoms with Gasteiger partial charge in [0.25, 0.3) is 0 Å². The second-order valence-electron chi connectivity index (χ2n) is 7.20. The van der Waals surface area contributed by atoms with E-state index in [0.717, 1.165) is 40.6 Å². The van der Waals surface area contributed by atoms with Gasteiger partial charge in [0, 0.05) is 26.2 Å². The van der Waals surface area contributed by atoms with E-state index in [1.54, 1.807) is 23.1 Å². The first-order valence-corrected chi connectivity index (χ1v) is 13.2. The van der Waals surface area contributed by atoms with Crippen LogP contribution >= 0.6 is 34.9 Å². The van der Waals surface area contributed by atoms with Crippen LogP contribution in [-0.4, -0.2) is 63.6 Å². The van der Waals surface area contributed by atoms with Gasteiger partial charge in [-0.1, -0.05) is 102 Å². The van der Waals surface area contributed by atoms with Gasteiger partial charge in [-0.15, -0.1) is 10.2 Å². The fourth-order valence-electron chi connectivity index (χ4n) is 3.77. The van der Waals surface area contributed by atoms with E-state index in [1.165, 1.54) is 22.9 Å². The quantitative estimate of drug-likeness (QED) is 0.446. The van der Waals surface area contributed by atoms with Crippen molar-refractivity contribution >= 4 is 40.8 Å². The molecule has 0 saturated carbocycles. The monoisotopic (exact) mass is 470 g/mol. The summed E-state index contributed by atoms with van der Waals surface area (Å²) in [6, 6.07) is 21.5. The van der Waals surface area contributed by atoms with E-state index < -0.39 is 0 Å². The lowest BCUT2D eigenvalue weighted by Crippen LogP contribution is -2.50. The molecule has 0 aliphatic carbocycles. The second kappa shape index (κ2) is 11.1. The van der Waals surface area contributed by atoms with Crippen LogP contribution in [0, 0.1) is 0 Å². The highest BCUT2D eigenvalue weighted by Crippen LogP contribution is 2.31. The van der Waals surface area contributed by atoms with E-state index in [1.807, 2.05) is 4.90 Å². The third-order valence-corrected chi connectivity index (χ3v) is 8.29. The zero-order chi connectivity index (χ0) is 21.5. The van der Waals surface area contributed by atoms with Crippen LogP contribution in [0.5, 0.6) is 0 Å². The maximum Gasteiger partial charge on any atom is 0.233 e. The number of hydrogen-bond donors (Lipinski definition) is 0. The lowest BCUT2D eigenvalue weighted by Gasteiger charge is -2.39. The molecule has 1 saturated heterocycles. The zero-order valence-electron chi connectivity index (χ0n) is 17.5. The smallest absolute Gasteiger partial charge is 0.233 e. The van der Waals surface area contributed by atoms with E-state index in [4.69, 9.17) is 0 Å². The molecule has 1 aromatic heterocycles. The predicted octanol–water partition coefficient (Wildman–Crippen LogP) is 4.68. The molecule has 0 atom stereocenters. The van der Waals surface area contributed by atoms with Gasteiger partial charge in [0.1, 0.15) is 0 Å². The van der Waals surface area contributed by atoms with Gasteiger partial charge >= 0.3 is 0 Å². The van der Waals surface area contributed by atoms with Gasteiger partial charge in [-0.3, -0.25) is 9.69 Å². The van der Waals surface area contributed by atoms with E-state index in [-0.39, 0.29) is 11.9 Å². The highest BCUT2D eigenvalue weighted by Gasteiger charge is 2.28. The number of rotatable bonds is 8. The number of benzene rings is 2. The first kappa shape index (κ1) is 22.3. The first-order valence-electron chi connectivity index (χ1n) is 10.5. The van der Waals surface area contributed by atoms with Gasteiger partial charge in [-0.2, -0.15) is 0 Å². The first-order chi connectivity index (χ1) is 15.2. The number of carbonyl (C=O) groups is 1. The van der Waals surface area contributed by atoms with Gasteiger partial charge in [0.05, 0.1) is 11.8 Å². The molecule has 1 aliphatic rings. The molecule has 5 nitrogen and oxygen atoms in total. The molecule has 4 rings (SSSR count). The molecule has 0 spiro atoms. The summed E-state index contributed by atoms with van der Waals surface area (Å²) in [5.74, 6) is 1.59. The van der Waals surface area contributed by atoms with E-state index in [9.17, 15) is 4.79 Å². The molecule has 8 heteroatoms. The second-order valence-corrected chi connectivity index (χ2v) is 10.9. The summed E-state index contributed by atoms with van der Waals surface area (Å²) in [6.45, 7) is 5.33. The minimum Gasteiger partial charge on any atom is -0.339 e. The van der Waals surface area contributed by atoms with Gasteiger partial charge in [0.15, 0.2) is 8.68 Å². The molecule has 0 unspecified atom stereocenters. The Balaban J connectivity index is 1.35. The highest BCUT2D eigenvalue weighted by molar-refractivity contribution is 8.03. The van der Waals surface area contributed by atoms with E-state index in [0.29, 0.717) is 5.75 Å². The SMILES string of the molecule is CCSc1nnc(SCC(=O)N2CCN(C(c3ccccc3)c3ccccc3)CC2)s1. The maximum absolute atomic E-state index is 12.8. The Labute approximate surface area is 196 Å². The van der Waals surface area contributed by atoms with Gasteiger partial charge in [0.2, 0.25) is 5.91 Å². The molecule has 3 aromatic rings. The Kier molecular flexibility index (Phi) is 8.02. The summed E-state index contributed by atoms with van der Waals surface area (Å²) < 4.78 is 1.84. The van der Waals surface area contributed by atoms with Crippen LogP contribution in [0.25, 0.3) is 0 Å². The Morgan fingerprint density at radius 3 is 2.00 bits per heavy atom. The standard InChI is InChI=1S/C23H26N4OS3/c1-2-29-22-24-25-23(31-22)30-17-20(28)26-13-15-27(16-14-26)21(18-9-5-3-6-10-18)19-11-7-4-8-12-19/h3-12,21H,2,13-17H2,1H3. The largest absolute Gasteiger partial charge is 0.339 e. The Hall–Kier alpha value is -1.87. The minimum absolute atomic E-state index is 0.181. The number of aromatic nitrogens is 2. The summed E-state index contributed by atoms with van der Waals surface area (Å²) in [6.07, 6.45) is 0. The van der Waals surface area contributed by atoms with Crippen molar-refractivity contribution in [3.8, 4) is 0 Å². The molecular formula is C23H26N4OS3. The number of hydrogen-bond acceptors (Lipinski definition) is 7. The van der Waals surface area contributed by atoms with E-state index in [2.05, 4.69) is 82.7 Å². The van der Waals surface area contributed by atoms with Crippen LogP contribution in [0.1, 0.15) is 24.1 Å². The number of thioether (sulfide) groups is 2. The van der Waals surface area contributed by atoms with Crippen molar-refractivity contribution < 1.29 is 4.79 Å². The Morgan fingerprint density at radius 1 is 0.903 bits per heavy atom. The third-order valence-electron chi connectivity index (χ3n) is 5.24. The van der Waals surface area contributed by atoms with Crippen molar-refractivity contribution in [2.45, 2.75) is 21.6 Å². The molecule has 0 radical (unpaired) electrons. The van der Waals surface area contributed by atoms with Gasteiger partial charge in [-0.25, -0.2) is 0 Å². The third kappa shape index (κ3) is 5.88. The summed E-state index contributed by atoms with van der Waals surface area (Å²) >= 11 is 4.76. The number of piperazine rings is 1. The maximum atomic E-state index is 12.8. The van der Waals surface area contributed by atoms with Crippen molar-refractivity contribution in [1.82, 2.24) is 20.0 Å². The Morgan fingerprint density at radius 2 is 1.45 bits per heavy atom. The lowest BCUT2D eigenvalue weighted by atomic mass is 9.96. The number of nitrogens with zero attached hydrogens (tertiary/aromatic N) is 4. The summed E-state index contributed by atoms with van der Waals surface area (Å²) in [5, 5.41) is 8.35. The van der Waals surface area contributed by atoms with Gasteiger partial charge in [-0.05, 0) is 16.9 Å². The highest BCUT2D eigenvalue weighted by atomic mass is 32.2. The molecular weight excluding hydrogens is 444 g/mol. The normalized spacial score (nSPS) is 14.8. The van der Waals surface area contributed by atoms with Crippen LogP contribution in [0.2, 0.25) is 0 Å². The van der Waals surface area contributed by atoms with Crippen LogP contribution in [0.4, 0.5) is 0 Å². The van der Waals surface area contributed by atoms with Crippen LogP contribution in [-0.2, 0) is 4.79 Å². The van der Waals surface area contributed by atoms with Crippen LogP contribution < -0.4 is 0 Å². The fraction of sp³-hybridized carbons (Fsp3) is 0.348. The van der Waals surface area contributed by atoms with Crippen molar-refractivity contribution in [3.63, 3.8) is 0 Å². The van der Waals surface area contributed by atoms with Crippen molar-refractivity contribution in [3.05, 3.63) is 71.8 Å². The van der Waals surface area contributed by atoms with Crippen LogP contribution in [0.15, 0.2) is 69.3 Å². The topological polar surface area (TPSA) is 49.3 Å². The molecule has 31 heavy (non-hydrogen) atoms. The average molecular weight is 471 g/mol. The van der Waals surface area contributed by atoms with Crippen molar-refractivity contribution in [1.29, 1.82) is 0 Å². The van der Waals surface area contributed by atoms with Crippen LogP contribution in [0.3, 0.4) is 0 Å². The molecule has 162 valence electrons. The molecule has 2 heterocycles. The van der Waals surface area contributed by atoms with Crippen molar-refractivity contribution in [2.24, 2.45) is 0 Å². The zero-order valence-corrected chi connectivity index (χ0v) is 20.0. The summed E-state index contributed by atoms with van der Waals surface area (Å²) in [5.41, 5.74) is 2.59. The molecule has 0 N–H and O–H groups in total. The molecule has 1 aliphatic heterocycles. The van der Waals surface area contributed by atoms with Crippen molar-refractivity contribution in [2.75, 3.05) is 37.7 Å². The minimum atomic E-state index is 0.181. The van der Waals surface area contributed by atoms with E-state index >= 15 is 0 Å². The number of carbonyl (C=O) groups excluding carboxylic acids is 1. The molecule has 2 aromatic carbocycles. The Bertz CT molecular complexity index is 920. The molecule has 1 amide bonds. The van der Waals surface area contributed by atoms with Gasteiger partial charge < -0.3 is 4.90 Å². The number of amides is 1. The average Bonchev–Trinajstić information content (AvgIpc) is 3.27. The molecule has 0 bridgehead atoms. The lowest BCUT2D eigenvalue weighted by molar-refractivity contribution is -0.130. The predicted molar refractivity (Wildman–Crippen MR) is 130 cm³/mol.